The van der Waals surface area contributed by atoms with E-state index in [-0.39, 0.29) is 0 Å². The molecule has 286 valence electrons. The number of fused-ring (bicyclic) bond motifs is 3. The van der Waals surface area contributed by atoms with Gasteiger partial charge in [0.25, 0.3) is 0 Å². The molecular weight excluding hydrogens is 751 g/mol. The Morgan fingerprint density at radius 3 is 1.45 bits per heavy atom. The summed E-state index contributed by atoms with van der Waals surface area (Å²) < 4.78 is 0. The minimum absolute atomic E-state index is 0.685. The molecule has 2 aromatic heterocycles. The standard InChI is InChI=1S/C59H35N3/c1-2-12-39(13-3-1)59-61-53(47-21-7-4-18-43(47)41-17-11-31-60-35-41)34-54(62-59)48-30-29-44(45-19-5-6-20-46(45)48)42-32-40-28-27-38-15-9-23-50-49-22-8-14-36-25-26-37-16-10-24-51(57(37)55(36)49)52(33-42)58(40)56(38)50/h1-35H. The van der Waals surface area contributed by atoms with Gasteiger partial charge < -0.3 is 0 Å². The van der Waals surface area contributed by atoms with Crippen molar-refractivity contribution >= 4 is 75.4 Å². The first kappa shape index (κ1) is 34.6. The quantitative estimate of drug-likeness (QED) is 0.163. The molecule has 13 rings (SSSR count). The van der Waals surface area contributed by atoms with Gasteiger partial charge in [-0.25, -0.2) is 9.97 Å². The van der Waals surface area contributed by atoms with Gasteiger partial charge in [0, 0.05) is 34.6 Å². The van der Waals surface area contributed by atoms with Gasteiger partial charge in [-0.15, -0.1) is 0 Å². The zero-order valence-electron chi connectivity index (χ0n) is 33.5. The highest BCUT2D eigenvalue weighted by molar-refractivity contribution is 6.37. The molecule has 0 amide bonds. The molecule has 0 saturated heterocycles. The van der Waals surface area contributed by atoms with Crippen LogP contribution in [0.1, 0.15) is 0 Å². The van der Waals surface area contributed by atoms with Crippen molar-refractivity contribution in [2.24, 2.45) is 0 Å². The van der Waals surface area contributed by atoms with E-state index in [0.29, 0.717) is 5.82 Å². The Morgan fingerprint density at radius 2 is 0.790 bits per heavy atom. The van der Waals surface area contributed by atoms with Gasteiger partial charge in [0.1, 0.15) is 0 Å². The van der Waals surface area contributed by atoms with Crippen LogP contribution in [0.3, 0.4) is 0 Å². The molecule has 0 atom stereocenters. The fraction of sp³-hybridized carbons (Fsp3) is 0. The van der Waals surface area contributed by atoms with Crippen molar-refractivity contribution < 1.29 is 0 Å². The van der Waals surface area contributed by atoms with Crippen LogP contribution < -0.4 is 0 Å². The lowest BCUT2D eigenvalue weighted by Gasteiger charge is -2.18. The number of hydrogen-bond acceptors (Lipinski definition) is 3. The number of pyridine rings is 1. The minimum Gasteiger partial charge on any atom is -0.264 e. The maximum absolute atomic E-state index is 5.31. The molecule has 62 heavy (non-hydrogen) atoms. The fourth-order valence-electron chi connectivity index (χ4n) is 10.1. The minimum atomic E-state index is 0.685. The van der Waals surface area contributed by atoms with Gasteiger partial charge in [0.05, 0.1) is 11.4 Å². The SMILES string of the molecule is c1ccc(-c2nc(-c3ccccc3-c3cccnc3)cc(-c3ccc(-c4cc5ccc6cccc7c8cccc9ccc%10cccc(c(c4)c5c67)c%10c98)c4ccccc34)n2)cc1. The first-order valence-corrected chi connectivity index (χ1v) is 21.2. The van der Waals surface area contributed by atoms with Crippen molar-refractivity contribution in [3.8, 4) is 56.2 Å². The summed E-state index contributed by atoms with van der Waals surface area (Å²) in [5.41, 5.74) is 9.28. The molecule has 0 aliphatic heterocycles. The van der Waals surface area contributed by atoms with Crippen molar-refractivity contribution in [2.45, 2.75) is 0 Å². The Hall–Kier alpha value is -8.27. The summed E-state index contributed by atoms with van der Waals surface area (Å²) in [4.78, 5) is 15.0. The van der Waals surface area contributed by atoms with Crippen molar-refractivity contribution in [1.29, 1.82) is 0 Å². The molecule has 0 radical (unpaired) electrons. The Kier molecular flexibility index (Phi) is 7.60. The third-order valence-electron chi connectivity index (χ3n) is 12.9. The number of aromatic nitrogens is 3. The maximum atomic E-state index is 5.31. The Morgan fingerprint density at radius 1 is 0.274 bits per heavy atom. The number of rotatable bonds is 5. The predicted molar refractivity (Wildman–Crippen MR) is 261 cm³/mol. The monoisotopic (exact) mass is 785 g/mol. The van der Waals surface area contributed by atoms with E-state index >= 15 is 0 Å². The smallest absolute Gasteiger partial charge is 0.160 e. The van der Waals surface area contributed by atoms with Gasteiger partial charge in [0.15, 0.2) is 5.82 Å². The van der Waals surface area contributed by atoms with Gasteiger partial charge >= 0.3 is 0 Å². The number of benzene rings is 10. The summed E-state index contributed by atoms with van der Waals surface area (Å²) in [6.45, 7) is 0. The van der Waals surface area contributed by atoms with Crippen LogP contribution in [-0.2, 0) is 0 Å². The lowest BCUT2D eigenvalue weighted by molar-refractivity contribution is 1.18. The number of hydrogen-bond donors (Lipinski definition) is 0. The van der Waals surface area contributed by atoms with E-state index in [1.54, 1.807) is 0 Å². The first-order chi connectivity index (χ1) is 30.7. The molecule has 3 nitrogen and oxygen atoms in total. The van der Waals surface area contributed by atoms with Gasteiger partial charge in [0.2, 0.25) is 0 Å². The fourth-order valence-corrected chi connectivity index (χ4v) is 10.1. The summed E-state index contributed by atoms with van der Waals surface area (Å²) >= 11 is 0. The van der Waals surface area contributed by atoms with E-state index in [9.17, 15) is 0 Å². The van der Waals surface area contributed by atoms with Crippen LogP contribution in [0.5, 0.6) is 0 Å². The van der Waals surface area contributed by atoms with Crippen LogP contribution in [0.15, 0.2) is 213 Å². The molecule has 2 heterocycles. The predicted octanol–water partition coefficient (Wildman–Crippen LogP) is 15.7. The Labute approximate surface area is 357 Å². The molecule has 0 saturated carbocycles. The summed E-state index contributed by atoms with van der Waals surface area (Å²) in [6.07, 6.45) is 3.72. The third kappa shape index (κ3) is 5.28. The highest BCUT2D eigenvalue weighted by Gasteiger charge is 2.20. The van der Waals surface area contributed by atoms with Crippen LogP contribution in [0.4, 0.5) is 0 Å². The van der Waals surface area contributed by atoms with Gasteiger partial charge in [-0.1, -0.05) is 176 Å². The molecule has 0 spiro atoms. The number of nitrogens with zero attached hydrogens (tertiary/aromatic N) is 3. The van der Waals surface area contributed by atoms with E-state index < -0.39 is 0 Å². The molecule has 0 N–H and O–H groups in total. The van der Waals surface area contributed by atoms with E-state index in [4.69, 9.17) is 9.97 Å². The van der Waals surface area contributed by atoms with Crippen molar-refractivity contribution in [3.05, 3.63) is 213 Å². The molecule has 3 heteroatoms. The second kappa shape index (κ2) is 13.6. The van der Waals surface area contributed by atoms with E-state index in [1.807, 2.05) is 36.7 Å². The van der Waals surface area contributed by atoms with Crippen LogP contribution >= 0.6 is 0 Å². The summed E-state index contributed by atoms with van der Waals surface area (Å²) in [7, 11) is 0. The van der Waals surface area contributed by atoms with E-state index in [0.717, 1.165) is 44.6 Å². The maximum Gasteiger partial charge on any atom is 0.160 e. The Bertz CT molecular complexity index is 3910. The van der Waals surface area contributed by atoms with Gasteiger partial charge in [-0.05, 0) is 116 Å². The molecule has 0 unspecified atom stereocenters. The van der Waals surface area contributed by atoms with Crippen molar-refractivity contribution in [2.75, 3.05) is 0 Å². The van der Waals surface area contributed by atoms with Crippen LogP contribution in [0.25, 0.3) is 132 Å². The van der Waals surface area contributed by atoms with Crippen LogP contribution in [0, 0.1) is 0 Å². The lowest BCUT2D eigenvalue weighted by atomic mass is 9.86. The molecule has 11 aromatic carbocycles. The summed E-state index contributed by atoms with van der Waals surface area (Å²) in [6, 6.07) is 72.7. The topological polar surface area (TPSA) is 38.7 Å². The largest absolute Gasteiger partial charge is 0.264 e. The first-order valence-electron chi connectivity index (χ1n) is 21.2. The third-order valence-corrected chi connectivity index (χ3v) is 12.9. The molecule has 0 aliphatic carbocycles. The van der Waals surface area contributed by atoms with E-state index in [2.05, 4.69) is 181 Å². The highest BCUT2D eigenvalue weighted by atomic mass is 14.9. The summed E-state index contributed by atoms with van der Waals surface area (Å²) in [5.74, 6) is 0.685. The average molecular weight is 786 g/mol. The highest BCUT2D eigenvalue weighted by Crippen LogP contribution is 2.46. The van der Waals surface area contributed by atoms with Crippen LogP contribution in [0.2, 0.25) is 0 Å². The zero-order valence-corrected chi connectivity index (χ0v) is 33.5. The normalized spacial score (nSPS) is 11.9. The molecule has 13 aromatic rings. The second-order valence-corrected chi connectivity index (χ2v) is 16.3. The molecular formula is C59H35N3. The van der Waals surface area contributed by atoms with E-state index in [1.165, 1.54) is 81.1 Å². The molecule has 0 bridgehead atoms. The molecule has 0 fully saturated rings. The summed E-state index contributed by atoms with van der Waals surface area (Å²) in [5, 5.41) is 17.7. The average Bonchev–Trinajstić information content (AvgIpc) is 3.35. The van der Waals surface area contributed by atoms with Crippen LogP contribution in [-0.4, -0.2) is 15.0 Å². The van der Waals surface area contributed by atoms with Crippen molar-refractivity contribution in [1.82, 2.24) is 15.0 Å². The van der Waals surface area contributed by atoms with Gasteiger partial charge in [-0.3, -0.25) is 4.98 Å². The van der Waals surface area contributed by atoms with Gasteiger partial charge in [-0.2, -0.15) is 0 Å². The van der Waals surface area contributed by atoms with Crippen molar-refractivity contribution in [3.63, 3.8) is 0 Å². The Balaban J connectivity index is 1.08. The zero-order chi connectivity index (χ0) is 40.7. The second-order valence-electron chi connectivity index (χ2n) is 16.3. The lowest BCUT2D eigenvalue weighted by Crippen LogP contribution is -1.98. The molecule has 0 aliphatic rings.